The Balaban J connectivity index is 1.71. The topological polar surface area (TPSA) is 82.3 Å². The lowest BCUT2D eigenvalue weighted by molar-refractivity contribution is -0.385. The number of hydrogen-bond donors (Lipinski definition) is 0. The number of rotatable bonds is 4. The number of ether oxygens (including phenoxy) is 1. The molecule has 6 nitrogen and oxygen atoms in total. The Morgan fingerprint density at radius 3 is 2.78 bits per heavy atom. The Labute approximate surface area is 135 Å². The maximum Gasteiger partial charge on any atom is 0.338 e. The molecule has 0 radical (unpaired) electrons. The van der Waals surface area contributed by atoms with Gasteiger partial charge >= 0.3 is 5.97 Å². The molecule has 0 spiro atoms. The number of hydrogen-bond acceptors (Lipinski definition) is 6. The Morgan fingerprint density at radius 1 is 1.30 bits per heavy atom. The van der Waals surface area contributed by atoms with E-state index < -0.39 is 10.9 Å². The van der Waals surface area contributed by atoms with Crippen molar-refractivity contribution in [2.45, 2.75) is 13.5 Å². The van der Waals surface area contributed by atoms with E-state index in [1.807, 2.05) is 24.3 Å². The van der Waals surface area contributed by atoms with E-state index in [2.05, 4.69) is 4.98 Å². The minimum Gasteiger partial charge on any atom is -0.455 e. The molecule has 1 heterocycles. The van der Waals surface area contributed by atoms with Crippen molar-refractivity contribution in [2.24, 2.45) is 0 Å². The molecular formula is C16H12N2O4S. The van der Waals surface area contributed by atoms with E-state index in [-0.39, 0.29) is 17.9 Å². The number of carbonyl (C=O) groups excluding carboxylic acids is 1. The smallest absolute Gasteiger partial charge is 0.338 e. The molecule has 1 aromatic heterocycles. The van der Waals surface area contributed by atoms with Crippen molar-refractivity contribution in [1.29, 1.82) is 0 Å². The molecule has 0 N–H and O–H groups in total. The van der Waals surface area contributed by atoms with E-state index in [4.69, 9.17) is 4.74 Å². The van der Waals surface area contributed by atoms with Crippen molar-refractivity contribution in [3.8, 4) is 0 Å². The fourth-order valence-electron chi connectivity index (χ4n) is 2.18. The standard InChI is InChI=1S/C16H12N2O4S/c1-10-8-11(6-7-13(10)18(20)21)16(19)22-9-15-17-12-4-2-3-5-14(12)23-15/h2-8H,9H2,1H3. The molecule has 3 rings (SSSR count). The highest BCUT2D eigenvalue weighted by Gasteiger charge is 2.15. The number of benzene rings is 2. The molecule has 0 bridgehead atoms. The summed E-state index contributed by atoms with van der Waals surface area (Å²) in [7, 11) is 0. The van der Waals surface area contributed by atoms with Gasteiger partial charge in [0.15, 0.2) is 0 Å². The normalized spacial score (nSPS) is 10.7. The second-order valence-corrected chi connectivity index (χ2v) is 6.03. The zero-order valence-electron chi connectivity index (χ0n) is 12.2. The van der Waals surface area contributed by atoms with Gasteiger partial charge in [0.25, 0.3) is 5.69 Å². The fourth-order valence-corrected chi connectivity index (χ4v) is 3.06. The zero-order chi connectivity index (χ0) is 16.4. The van der Waals surface area contributed by atoms with Gasteiger partial charge < -0.3 is 4.74 Å². The Bertz CT molecular complexity index is 871. The van der Waals surface area contributed by atoms with Crippen LogP contribution in [0.25, 0.3) is 10.2 Å². The first-order chi connectivity index (χ1) is 11.0. The first kappa shape index (κ1) is 15.1. The molecule has 3 aromatic rings. The van der Waals surface area contributed by atoms with Crippen LogP contribution < -0.4 is 0 Å². The molecule has 0 aliphatic rings. The van der Waals surface area contributed by atoms with Crippen molar-refractivity contribution >= 4 is 33.2 Å². The van der Waals surface area contributed by atoms with Gasteiger partial charge in [-0.3, -0.25) is 10.1 Å². The average Bonchev–Trinajstić information content (AvgIpc) is 2.95. The molecule has 0 saturated heterocycles. The predicted octanol–water partition coefficient (Wildman–Crippen LogP) is 3.87. The molecule has 23 heavy (non-hydrogen) atoms. The fraction of sp³-hybridized carbons (Fsp3) is 0.125. The Hall–Kier alpha value is -2.80. The van der Waals surface area contributed by atoms with Crippen molar-refractivity contribution in [3.05, 3.63) is 68.7 Å². The van der Waals surface area contributed by atoms with Crippen molar-refractivity contribution < 1.29 is 14.5 Å². The highest BCUT2D eigenvalue weighted by molar-refractivity contribution is 7.18. The van der Waals surface area contributed by atoms with Gasteiger partial charge in [-0.1, -0.05) is 12.1 Å². The third-order valence-corrected chi connectivity index (χ3v) is 4.30. The lowest BCUT2D eigenvalue weighted by Crippen LogP contribution is -2.06. The predicted molar refractivity (Wildman–Crippen MR) is 86.6 cm³/mol. The summed E-state index contributed by atoms with van der Waals surface area (Å²) in [5, 5.41) is 11.5. The maximum atomic E-state index is 12.1. The first-order valence-electron chi connectivity index (χ1n) is 6.81. The number of aryl methyl sites for hydroxylation is 1. The van der Waals surface area contributed by atoms with Crippen LogP contribution in [0.2, 0.25) is 0 Å². The lowest BCUT2D eigenvalue weighted by atomic mass is 10.1. The van der Waals surface area contributed by atoms with Crippen molar-refractivity contribution in [3.63, 3.8) is 0 Å². The van der Waals surface area contributed by atoms with Crippen LogP contribution in [-0.4, -0.2) is 15.9 Å². The molecule has 0 aliphatic heterocycles. The van der Waals surface area contributed by atoms with E-state index in [9.17, 15) is 14.9 Å². The van der Waals surface area contributed by atoms with Crippen LogP contribution in [-0.2, 0) is 11.3 Å². The molecule has 7 heteroatoms. The number of esters is 1. The summed E-state index contributed by atoms with van der Waals surface area (Å²) in [6.45, 7) is 1.66. The monoisotopic (exact) mass is 328 g/mol. The van der Waals surface area contributed by atoms with Gasteiger partial charge in [-0.15, -0.1) is 11.3 Å². The molecule has 0 unspecified atom stereocenters. The molecular weight excluding hydrogens is 316 g/mol. The van der Waals surface area contributed by atoms with Gasteiger partial charge in [0.1, 0.15) is 11.6 Å². The number of nitrogens with zero attached hydrogens (tertiary/aromatic N) is 2. The number of thiazole rings is 1. The summed E-state index contributed by atoms with van der Waals surface area (Å²) in [6.07, 6.45) is 0. The van der Waals surface area contributed by atoms with Crippen LogP contribution in [0, 0.1) is 17.0 Å². The number of para-hydroxylation sites is 1. The summed E-state index contributed by atoms with van der Waals surface area (Å²) in [4.78, 5) is 26.7. The second kappa shape index (κ2) is 6.13. The minimum absolute atomic E-state index is 0.0206. The van der Waals surface area contributed by atoms with Crippen LogP contribution >= 0.6 is 11.3 Å². The maximum absolute atomic E-state index is 12.1. The van der Waals surface area contributed by atoms with Gasteiger partial charge in [-0.05, 0) is 31.2 Å². The molecule has 0 aliphatic carbocycles. The number of carbonyl (C=O) groups is 1. The van der Waals surface area contributed by atoms with Gasteiger partial charge in [-0.25, -0.2) is 9.78 Å². The van der Waals surface area contributed by atoms with Crippen molar-refractivity contribution in [1.82, 2.24) is 4.98 Å². The van der Waals surface area contributed by atoms with E-state index in [0.29, 0.717) is 10.6 Å². The van der Waals surface area contributed by atoms with Gasteiger partial charge in [-0.2, -0.15) is 0 Å². The largest absolute Gasteiger partial charge is 0.455 e. The van der Waals surface area contributed by atoms with Gasteiger partial charge in [0.2, 0.25) is 0 Å². The molecule has 0 atom stereocenters. The van der Waals surface area contributed by atoms with Gasteiger partial charge in [0.05, 0.1) is 20.7 Å². The third-order valence-electron chi connectivity index (χ3n) is 3.29. The van der Waals surface area contributed by atoms with Crippen LogP contribution in [0.5, 0.6) is 0 Å². The van der Waals surface area contributed by atoms with Crippen LogP contribution in [0.1, 0.15) is 20.9 Å². The molecule has 0 amide bonds. The summed E-state index contributed by atoms with van der Waals surface area (Å²) in [6, 6.07) is 11.8. The third kappa shape index (κ3) is 3.19. The van der Waals surface area contributed by atoms with E-state index in [1.165, 1.54) is 29.5 Å². The summed E-state index contributed by atoms with van der Waals surface area (Å²) >= 11 is 1.47. The molecule has 116 valence electrons. The SMILES string of the molecule is Cc1cc(C(=O)OCc2nc3ccccc3s2)ccc1[N+](=O)[O-]. The lowest BCUT2D eigenvalue weighted by Gasteiger charge is -2.04. The van der Waals surface area contributed by atoms with E-state index in [1.54, 1.807) is 6.92 Å². The number of nitro benzene ring substituents is 1. The number of aromatic nitrogens is 1. The molecule has 0 saturated carbocycles. The van der Waals surface area contributed by atoms with Crippen LogP contribution in [0.15, 0.2) is 42.5 Å². The number of nitro groups is 1. The minimum atomic E-state index is -0.526. The molecule has 0 fully saturated rings. The van der Waals surface area contributed by atoms with Crippen molar-refractivity contribution in [2.75, 3.05) is 0 Å². The Morgan fingerprint density at radius 2 is 2.09 bits per heavy atom. The molecule has 2 aromatic carbocycles. The Kier molecular flexibility index (Phi) is 4.03. The summed E-state index contributed by atoms with van der Waals surface area (Å²) < 4.78 is 6.27. The van der Waals surface area contributed by atoms with Gasteiger partial charge in [0, 0.05) is 11.6 Å². The highest BCUT2D eigenvalue weighted by atomic mass is 32.1. The number of fused-ring (bicyclic) bond motifs is 1. The van der Waals surface area contributed by atoms with Crippen LogP contribution in [0.4, 0.5) is 5.69 Å². The summed E-state index contributed by atoms with van der Waals surface area (Å²) in [5.41, 5.74) is 1.56. The van der Waals surface area contributed by atoms with Crippen LogP contribution in [0.3, 0.4) is 0 Å². The average molecular weight is 328 g/mol. The first-order valence-corrected chi connectivity index (χ1v) is 7.63. The summed E-state index contributed by atoms with van der Waals surface area (Å²) in [5.74, 6) is -0.526. The van der Waals surface area contributed by atoms with E-state index in [0.717, 1.165) is 10.2 Å². The highest BCUT2D eigenvalue weighted by Crippen LogP contribution is 2.23. The van der Waals surface area contributed by atoms with E-state index >= 15 is 0 Å². The quantitative estimate of drug-likeness (QED) is 0.412. The second-order valence-electron chi connectivity index (χ2n) is 4.91. The zero-order valence-corrected chi connectivity index (χ0v) is 13.0.